The molecule has 3 nitrogen and oxygen atoms in total. The van der Waals surface area contributed by atoms with Crippen molar-refractivity contribution in [2.24, 2.45) is 11.7 Å². The standard InChI is InChI=1S/C11H14F3N3/c12-11(13,14)8-3-4-10(16-5-8)17-6-9(15)7-1-2-7/h3-5,7,9H,1-2,6,15H2,(H,16,17). The zero-order valence-corrected chi connectivity index (χ0v) is 9.17. The van der Waals surface area contributed by atoms with Gasteiger partial charge >= 0.3 is 6.18 Å². The SMILES string of the molecule is NC(CNc1ccc(C(F)(F)F)cn1)C1CC1. The lowest BCUT2D eigenvalue weighted by atomic mass is 10.2. The Kier molecular flexibility index (Phi) is 3.24. The van der Waals surface area contributed by atoms with Crippen LogP contribution < -0.4 is 11.1 Å². The van der Waals surface area contributed by atoms with Gasteiger partial charge in [-0.3, -0.25) is 0 Å². The minimum Gasteiger partial charge on any atom is -0.369 e. The van der Waals surface area contributed by atoms with Crippen LogP contribution in [-0.4, -0.2) is 17.6 Å². The Labute approximate surface area is 97.2 Å². The third kappa shape index (κ3) is 3.33. The van der Waals surface area contributed by atoms with Crippen LogP contribution in [0.3, 0.4) is 0 Å². The van der Waals surface area contributed by atoms with Crippen molar-refractivity contribution in [1.82, 2.24) is 4.98 Å². The van der Waals surface area contributed by atoms with Gasteiger partial charge in [-0.05, 0) is 30.9 Å². The number of hydrogen-bond acceptors (Lipinski definition) is 3. The molecule has 17 heavy (non-hydrogen) atoms. The summed E-state index contributed by atoms with van der Waals surface area (Å²) in [4.78, 5) is 3.71. The first-order chi connectivity index (χ1) is 7.97. The Morgan fingerprint density at radius 3 is 2.59 bits per heavy atom. The topological polar surface area (TPSA) is 50.9 Å². The third-order valence-corrected chi connectivity index (χ3v) is 2.84. The lowest BCUT2D eigenvalue weighted by Gasteiger charge is -2.12. The van der Waals surface area contributed by atoms with E-state index in [1.165, 1.54) is 6.07 Å². The van der Waals surface area contributed by atoms with Crippen LogP contribution in [0.5, 0.6) is 0 Å². The van der Waals surface area contributed by atoms with Crippen molar-refractivity contribution in [1.29, 1.82) is 0 Å². The maximum atomic E-state index is 12.3. The highest BCUT2D eigenvalue weighted by atomic mass is 19.4. The van der Waals surface area contributed by atoms with E-state index >= 15 is 0 Å². The largest absolute Gasteiger partial charge is 0.417 e. The van der Waals surface area contributed by atoms with E-state index in [0.717, 1.165) is 25.1 Å². The normalized spacial score (nSPS) is 17.9. The van der Waals surface area contributed by atoms with Crippen LogP contribution in [0.15, 0.2) is 18.3 Å². The molecule has 94 valence electrons. The summed E-state index contributed by atoms with van der Waals surface area (Å²) >= 11 is 0. The Hall–Kier alpha value is -1.30. The molecule has 6 heteroatoms. The fourth-order valence-corrected chi connectivity index (χ4v) is 1.58. The number of aromatic nitrogens is 1. The second kappa shape index (κ2) is 4.52. The molecule has 0 spiro atoms. The molecule has 1 saturated carbocycles. The van der Waals surface area contributed by atoms with Gasteiger partial charge in [0.15, 0.2) is 0 Å². The number of rotatable bonds is 4. The van der Waals surface area contributed by atoms with Crippen LogP contribution in [0.2, 0.25) is 0 Å². The van der Waals surface area contributed by atoms with Gasteiger partial charge in [0.05, 0.1) is 5.56 Å². The molecule has 0 radical (unpaired) electrons. The van der Waals surface area contributed by atoms with E-state index in [4.69, 9.17) is 5.73 Å². The molecule has 0 amide bonds. The Morgan fingerprint density at radius 1 is 1.41 bits per heavy atom. The van der Waals surface area contributed by atoms with Crippen molar-refractivity contribution in [2.75, 3.05) is 11.9 Å². The fourth-order valence-electron chi connectivity index (χ4n) is 1.58. The zero-order valence-electron chi connectivity index (χ0n) is 9.17. The van der Waals surface area contributed by atoms with E-state index in [1.807, 2.05) is 0 Å². The first-order valence-corrected chi connectivity index (χ1v) is 5.49. The van der Waals surface area contributed by atoms with Gasteiger partial charge in [-0.2, -0.15) is 13.2 Å². The van der Waals surface area contributed by atoms with E-state index < -0.39 is 11.7 Å². The van der Waals surface area contributed by atoms with Gasteiger partial charge in [0.25, 0.3) is 0 Å². The molecule has 1 aliphatic rings. The number of nitrogens with two attached hydrogens (primary N) is 1. The summed E-state index contributed by atoms with van der Waals surface area (Å²) in [5.41, 5.74) is 5.11. The minimum absolute atomic E-state index is 0.0547. The molecule has 1 heterocycles. The number of halogens is 3. The number of pyridine rings is 1. The highest BCUT2D eigenvalue weighted by Crippen LogP contribution is 2.31. The van der Waals surface area contributed by atoms with Gasteiger partial charge in [-0.1, -0.05) is 0 Å². The number of nitrogens with zero attached hydrogens (tertiary/aromatic N) is 1. The summed E-state index contributed by atoms with van der Waals surface area (Å²) in [6.45, 7) is 0.545. The smallest absolute Gasteiger partial charge is 0.369 e. The summed E-state index contributed by atoms with van der Waals surface area (Å²) < 4.78 is 36.8. The summed E-state index contributed by atoms with van der Waals surface area (Å²) in [6.07, 6.45) is -1.23. The van der Waals surface area contributed by atoms with Crippen molar-refractivity contribution < 1.29 is 13.2 Å². The average molecular weight is 245 g/mol. The highest BCUT2D eigenvalue weighted by Gasteiger charge is 2.31. The molecular formula is C11H14F3N3. The molecule has 2 rings (SSSR count). The van der Waals surface area contributed by atoms with E-state index in [2.05, 4.69) is 10.3 Å². The van der Waals surface area contributed by atoms with Crippen LogP contribution >= 0.6 is 0 Å². The van der Waals surface area contributed by atoms with Crippen molar-refractivity contribution in [3.05, 3.63) is 23.9 Å². The molecule has 1 atom stereocenters. The monoisotopic (exact) mass is 245 g/mol. The molecule has 1 aromatic rings. The average Bonchev–Trinajstić information content (AvgIpc) is 3.09. The molecule has 0 aliphatic heterocycles. The van der Waals surface area contributed by atoms with Gasteiger partial charge in [0.2, 0.25) is 0 Å². The Bertz CT molecular complexity index is 371. The van der Waals surface area contributed by atoms with Crippen LogP contribution in [0, 0.1) is 5.92 Å². The predicted octanol–water partition coefficient (Wildman–Crippen LogP) is 2.25. The van der Waals surface area contributed by atoms with Crippen molar-refractivity contribution in [3.63, 3.8) is 0 Å². The maximum Gasteiger partial charge on any atom is 0.417 e. The molecule has 1 fully saturated rings. The molecular weight excluding hydrogens is 231 g/mol. The van der Waals surface area contributed by atoms with E-state index in [0.29, 0.717) is 18.3 Å². The second-order valence-electron chi connectivity index (χ2n) is 4.31. The second-order valence-corrected chi connectivity index (χ2v) is 4.31. The minimum atomic E-state index is -4.34. The van der Waals surface area contributed by atoms with Gasteiger partial charge in [-0.15, -0.1) is 0 Å². The van der Waals surface area contributed by atoms with E-state index in [-0.39, 0.29) is 6.04 Å². The molecule has 1 unspecified atom stereocenters. The summed E-state index contributed by atoms with van der Waals surface area (Å²) in [7, 11) is 0. The van der Waals surface area contributed by atoms with Gasteiger partial charge < -0.3 is 11.1 Å². The first-order valence-electron chi connectivity index (χ1n) is 5.49. The van der Waals surface area contributed by atoms with Crippen LogP contribution in [-0.2, 0) is 6.18 Å². The first kappa shape index (κ1) is 12.2. The highest BCUT2D eigenvalue weighted by molar-refractivity contribution is 5.36. The van der Waals surface area contributed by atoms with Crippen molar-refractivity contribution in [3.8, 4) is 0 Å². The maximum absolute atomic E-state index is 12.3. The van der Waals surface area contributed by atoms with Crippen LogP contribution in [0.1, 0.15) is 18.4 Å². The molecule has 3 N–H and O–H groups in total. The van der Waals surface area contributed by atoms with Gasteiger partial charge in [0, 0.05) is 18.8 Å². The predicted molar refractivity (Wildman–Crippen MR) is 58.4 cm³/mol. The quantitative estimate of drug-likeness (QED) is 0.855. The Morgan fingerprint density at radius 2 is 2.12 bits per heavy atom. The zero-order chi connectivity index (χ0) is 12.5. The lowest BCUT2D eigenvalue weighted by Crippen LogP contribution is -2.31. The van der Waals surface area contributed by atoms with Crippen molar-refractivity contribution in [2.45, 2.75) is 25.1 Å². The van der Waals surface area contributed by atoms with Gasteiger partial charge in [0.1, 0.15) is 5.82 Å². The Balaban J connectivity index is 1.89. The van der Waals surface area contributed by atoms with Gasteiger partial charge in [-0.25, -0.2) is 4.98 Å². The molecule has 0 bridgehead atoms. The van der Waals surface area contributed by atoms with Crippen molar-refractivity contribution >= 4 is 5.82 Å². The third-order valence-electron chi connectivity index (χ3n) is 2.84. The molecule has 1 aromatic heterocycles. The molecule has 1 aliphatic carbocycles. The molecule has 0 saturated heterocycles. The summed E-state index contributed by atoms with van der Waals surface area (Å²) in [5.74, 6) is 0.978. The van der Waals surface area contributed by atoms with E-state index in [1.54, 1.807) is 0 Å². The molecule has 0 aromatic carbocycles. The fraction of sp³-hybridized carbons (Fsp3) is 0.545. The van der Waals surface area contributed by atoms with Crippen LogP contribution in [0.25, 0.3) is 0 Å². The number of alkyl halides is 3. The number of nitrogens with one attached hydrogen (secondary N) is 1. The summed E-state index contributed by atoms with van der Waals surface area (Å²) in [5, 5.41) is 2.94. The lowest BCUT2D eigenvalue weighted by molar-refractivity contribution is -0.137. The van der Waals surface area contributed by atoms with E-state index in [9.17, 15) is 13.2 Å². The van der Waals surface area contributed by atoms with Crippen LogP contribution in [0.4, 0.5) is 19.0 Å². The number of hydrogen-bond donors (Lipinski definition) is 2. The summed E-state index contributed by atoms with van der Waals surface area (Å²) in [6, 6.07) is 2.39. The number of anilines is 1.